The highest BCUT2D eigenvalue weighted by Crippen LogP contribution is 2.33. The van der Waals surface area contributed by atoms with E-state index < -0.39 is 4.92 Å². The molecule has 0 unspecified atom stereocenters. The van der Waals surface area contributed by atoms with Crippen LogP contribution in [0.4, 0.5) is 5.69 Å². The largest absolute Gasteiger partial charge is 0.486 e. The Balaban J connectivity index is 1.41. The molecule has 3 aromatic rings. The summed E-state index contributed by atoms with van der Waals surface area (Å²) in [5, 5.41) is 14.9. The third kappa shape index (κ3) is 3.95. The summed E-state index contributed by atoms with van der Waals surface area (Å²) < 4.78 is 16.9. The average Bonchev–Trinajstić information content (AvgIpc) is 3.16. The van der Waals surface area contributed by atoms with Crippen molar-refractivity contribution >= 4 is 17.3 Å². The maximum atomic E-state index is 11.3. The van der Waals surface area contributed by atoms with Gasteiger partial charge in [-0.05, 0) is 42.0 Å². The Hall–Kier alpha value is -3.03. The molecule has 28 heavy (non-hydrogen) atoms. The van der Waals surface area contributed by atoms with Gasteiger partial charge in [0.25, 0.3) is 5.69 Å². The number of hydrogen-bond donors (Lipinski definition) is 1. The predicted octanol–water partition coefficient (Wildman–Crippen LogP) is 4.57. The number of rotatable bonds is 6. The Morgan fingerprint density at radius 1 is 1.00 bits per heavy atom. The van der Waals surface area contributed by atoms with Gasteiger partial charge in [-0.25, -0.2) is 0 Å². The van der Waals surface area contributed by atoms with Gasteiger partial charge in [0, 0.05) is 17.6 Å². The van der Waals surface area contributed by atoms with Crippen LogP contribution in [0.25, 0.3) is 11.3 Å². The van der Waals surface area contributed by atoms with E-state index in [4.69, 9.17) is 25.5 Å². The van der Waals surface area contributed by atoms with Crippen LogP contribution in [-0.2, 0) is 13.1 Å². The number of nitro benzene ring substituents is 1. The molecule has 0 bridgehead atoms. The SMILES string of the molecule is O=[N+]([O-])c1cc(Cl)ccc1-c1ccc(CNCc2ccc3c(c2)OCCO3)o1. The van der Waals surface area contributed by atoms with E-state index in [1.54, 1.807) is 24.3 Å². The highest BCUT2D eigenvalue weighted by atomic mass is 35.5. The van der Waals surface area contributed by atoms with E-state index in [0.29, 0.717) is 48.4 Å². The summed E-state index contributed by atoms with van der Waals surface area (Å²) in [6.07, 6.45) is 0. The van der Waals surface area contributed by atoms with Crippen molar-refractivity contribution in [2.24, 2.45) is 0 Å². The summed E-state index contributed by atoms with van der Waals surface area (Å²) in [6.45, 7) is 2.22. The molecule has 8 heteroatoms. The minimum Gasteiger partial charge on any atom is -0.486 e. The van der Waals surface area contributed by atoms with Crippen LogP contribution in [-0.4, -0.2) is 18.1 Å². The average molecular weight is 401 g/mol. The number of halogens is 1. The van der Waals surface area contributed by atoms with Gasteiger partial charge in [-0.2, -0.15) is 0 Å². The first kappa shape index (κ1) is 18.3. The molecule has 0 fully saturated rings. The van der Waals surface area contributed by atoms with Crippen molar-refractivity contribution in [1.82, 2.24) is 5.32 Å². The Morgan fingerprint density at radius 3 is 2.64 bits per heavy atom. The van der Waals surface area contributed by atoms with Gasteiger partial charge in [0.15, 0.2) is 11.5 Å². The van der Waals surface area contributed by atoms with Crippen molar-refractivity contribution in [3.05, 3.63) is 75.0 Å². The van der Waals surface area contributed by atoms with Gasteiger partial charge >= 0.3 is 0 Å². The molecule has 1 N–H and O–H groups in total. The second kappa shape index (κ2) is 7.92. The smallest absolute Gasteiger partial charge is 0.281 e. The molecule has 0 amide bonds. The highest BCUT2D eigenvalue weighted by molar-refractivity contribution is 6.30. The molecule has 2 heterocycles. The van der Waals surface area contributed by atoms with E-state index in [2.05, 4.69) is 5.32 Å². The summed E-state index contributed by atoms with van der Waals surface area (Å²) >= 11 is 5.86. The van der Waals surface area contributed by atoms with Gasteiger partial charge in [0.2, 0.25) is 0 Å². The van der Waals surface area contributed by atoms with Crippen molar-refractivity contribution in [2.45, 2.75) is 13.1 Å². The van der Waals surface area contributed by atoms with Gasteiger partial charge in [-0.3, -0.25) is 10.1 Å². The first-order valence-electron chi connectivity index (χ1n) is 8.72. The van der Waals surface area contributed by atoms with Gasteiger partial charge < -0.3 is 19.2 Å². The third-order valence-electron chi connectivity index (χ3n) is 4.32. The molecule has 0 atom stereocenters. The molecular weight excluding hydrogens is 384 g/mol. The van der Waals surface area contributed by atoms with Gasteiger partial charge in [-0.1, -0.05) is 17.7 Å². The molecule has 4 rings (SSSR count). The normalized spacial score (nSPS) is 12.8. The second-order valence-corrected chi connectivity index (χ2v) is 6.70. The van der Waals surface area contributed by atoms with E-state index in [1.165, 1.54) is 6.07 Å². The quantitative estimate of drug-likeness (QED) is 0.481. The Labute approximate surface area is 166 Å². The van der Waals surface area contributed by atoms with E-state index in [0.717, 1.165) is 17.1 Å². The zero-order valence-corrected chi connectivity index (χ0v) is 15.6. The van der Waals surface area contributed by atoms with Gasteiger partial charge in [0.05, 0.1) is 17.0 Å². The maximum absolute atomic E-state index is 11.3. The van der Waals surface area contributed by atoms with E-state index in [1.807, 2.05) is 18.2 Å². The Morgan fingerprint density at radius 2 is 1.82 bits per heavy atom. The molecule has 0 saturated heterocycles. The first-order valence-corrected chi connectivity index (χ1v) is 9.10. The lowest BCUT2D eigenvalue weighted by molar-refractivity contribution is -0.384. The molecule has 7 nitrogen and oxygen atoms in total. The molecule has 0 radical (unpaired) electrons. The van der Waals surface area contributed by atoms with Crippen molar-refractivity contribution in [3.8, 4) is 22.8 Å². The number of hydrogen-bond acceptors (Lipinski definition) is 6. The number of benzene rings is 2. The minimum atomic E-state index is -0.469. The number of nitrogens with zero attached hydrogens (tertiary/aromatic N) is 1. The zero-order chi connectivity index (χ0) is 19.5. The maximum Gasteiger partial charge on any atom is 0.281 e. The lowest BCUT2D eigenvalue weighted by atomic mass is 10.1. The lowest BCUT2D eigenvalue weighted by Crippen LogP contribution is -2.16. The number of nitrogens with one attached hydrogen (secondary N) is 1. The summed E-state index contributed by atoms with van der Waals surface area (Å²) in [7, 11) is 0. The minimum absolute atomic E-state index is 0.0855. The standard InChI is InChI=1S/C20H17ClN2O5/c21-14-2-4-16(17(10-14)23(24)25)18-6-3-15(28-18)12-22-11-13-1-5-19-20(9-13)27-8-7-26-19/h1-6,9-10,22H,7-8,11-12H2. The number of fused-ring (bicyclic) bond motifs is 1. The van der Waals surface area contributed by atoms with Crippen LogP contribution >= 0.6 is 11.6 Å². The Kier molecular flexibility index (Phi) is 5.18. The zero-order valence-electron chi connectivity index (χ0n) is 14.8. The van der Waals surface area contributed by atoms with Crippen LogP contribution in [0.15, 0.2) is 52.9 Å². The van der Waals surface area contributed by atoms with Gasteiger partial charge in [-0.15, -0.1) is 0 Å². The predicted molar refractivity (Wildman–Crippen MR) is 104 cm³/mol. The summed E-state index contributed by atoms with van der Waals surface area (Å²) in [5.74, 6) is 2.62. The molecule has 1 aliphatic rings. The van der Waals surface area contributed by atoms with Crippen LogP contribution in [0.3, 0.4) is 0 Å². The van der Waals surface area contributed by atoms with Crippen molar-refractivity contribution in [3.63, 3.8) is 0 Å². The third-order valence-corrected chi connectivity index (χ3v) is 4.55. The second-order valence-electron chi connectivity index (χ2n) is 6.27. The molecule has 2 aromatic carbocycles. The molecule has 1 aliphatic heterocycles. The van der Waals surface area contributed by atoms with E-state index in [9.17, 15) is 10.1 Å². The molecule has 0 aliphatic carbocycles. The van der Waals surface area contributed by atoms with Crippen molar-refractivity contribution in [2.75, 3.05) is 13.2 Å². The van der Waals surface area contributed by atoms with Crippen LogP contribution in [0, 0.1) is 10.1 Å². The Bertz CT molecular complexity index is 1020. The number of nitro groups is 1. The van der Waals surface area contributed by atoms with Crippen LogP contribution in [0.1, 0.15) is 11.3 Å². The fraction of sp³-hybridized carbons (Fsp3) is 0.200. The molecule has 1 aromatic heterocycles. The fourth-order valence-electron chi connectivity index (χ4n) is 3.01. The summed E-state index contributed by atoms with van der Waals surface area (Å²) in [6, 6.07) is 13.9. The van der Waals surface area contributed by atoms with E-state index in [-0.39, 0.29) is 5.69 Å². The summed E-state index contributed by atoms with van der Waals surface area (Å²) in [5.41, 5.74) is 1.37. The van der Waals surface area contributed by atoms with Crippen LogP contribution < -0.4 is 14.8 Å². The molecule has 144 valence electrons. The van der Waals surface area contributed by atoms with Crippen LogP contribution in [0.5, 0.6) is 11.5 Å². The topological polar surface area (TPSA) is 86.8 Å². The van der Waals surface area contributed by atoms with Crippen molar-refractivity contribution < 1.29 is 18.8 Å². The van der Waals surface area contributed by atoms with Crippen LogP contribution in [0.2, 0.25) is 5.02 Å². The highest BCUT2D eigenvalue weighted by Gasteiger charge is 2.18. The monoisotopic (exact) mass is 400 g/mol. The molecule has 0 spiro atoms. The lowest BCUT2D eigenvalue weighted by Gasteiger charge is -2.18. The summed E-state index contributed by atoms with van der Waals surface area (Å²) in [4.78, 5) is 10.8. The number of ether oxygens (including phenoxy) is 2. The van der Waals surface area contributed by atoms with E-state index >= 15 is 0 Å². The molecule has 0 saturated carbocycles. The van der Waals surface area contributed by atoms with Crippen molar-refractivity contribution in [1.29, 1.82) is 0 Å². The fourth-order valence-corrected chi connectivity index (χ4v) is 3.18. The first-order chi connectivity index (χ1) is 13.6. The van der Waals surface area contributed by atoms with Gasteiger partial charge in [0.1, 0.15) is 24.7 Å². The number of furan rings is 1. The molecular formula is C20H17ClN2O5.